The molecule has 0 spiro atoms. The van der Waals surface area contributed by atoms with Crippen molar-refractivity contribution in [2.45, 2.75) is 38.5 Å². The lowest BCUT2D eigenvalue weighted by molar-refractivity contribution is 0.262. The van der Waals surface area contributed by atoms with E-state index < -0.39 is 0 Å². The van der Waals surface area contributed by atoms with Gasteiger partial charge < -0.3 is 15.4 Å². The maximum atomic E-state index is 12.8. The molecule has 1 aromatic heterocycles. The molecule has 1 aliphatic rings. The zero-order valence-electron chi connectivity index (χ0n) is 19.5. The second-order valence-corrected chi connectivity index (χ2v) is 9.18. The predicted octanol–water partition coefficient (Wildman–Crippen LogP) is 7.93. The zero-order chi connectivity index (χ0) is 24.2. The van der Waals surface area contributed by atoms with E-state index in [4.69, 9.17) is 16.3 Å². The van der Waals surface area contributed by atoms with Gasteiger partial charge in [0.15, 0.2) is 5.75 Å². The first-order valence-electron chi connectivity index (χ1n) is 11.8. The lowest BCUT2D eigenvalue weighted by Crippen LogP contribution is -2.19. The number of carbonyl (C=O) groups is 1. The van der Waals surface area contributed by atoms with Gasteiger partial charge in [0.2, 0.25) is 5.88 Å². The monoisotopic (exact) mass is 486 g/mol. The van der Waals surface area contributed by atoms with E-state index in [2.05, 4.69) is 27.9 Å². The number of halogens is 1. The number of para-hydroxylation sites is 3. The van der Waals surface area contributed by atoms with Crippen molar-refractivity contribution in [2.24, 2.45) is 0 Å². The van der Waals surface area contributed by atoms with Gasteiger partial charge in [-0.2, -0.15) is 9.78 Å². The van der Waals surface area contributed by atoms with Gasteiger partial charge in [-0.3, -0.25) is 0 Å². The van der Waals surface area contributed by atoms with Gasteiger partial charge >= 0.3 is 6.03 Å². The van der Waals surface area contributed by atoms with E-state index in [9.17, 15) is 4.79 Å². The average molecular weight is 487 g/mol. The highest BCUT2D eigenvalue weighted by molar-refractivity contribution is 6.32. The second kappa shape index (κ2) is 10.2. The summed E-state index contributed by atoms with van der Waals surface area (Å²) in [7, 11) is 0. The van der Waals surface area contributed by atoms with Crippen molar-refractivity contribution in [3.8, 4) is 17.3 Å². The van der Waals surface area contributed by atoms with Crippen LogP contribution in [0.2, 0.25) is 5.02 Å². The van der Waals surface area contributed by atoms with Gasteiger partial charge in [-0.1, -0.05) is 60.8 Å². The van der Waals surface area contributed by atoms with Crippen LogP contribution >= 0.6 is 11.6 Å². The van der Waals surface area contributed by atoms with Crippen molar-refractivity contribution < 1.29 is 9.53 Å². The van der Waals surface area contributed by atoms with Crippen molar-refractivity contribution in [1.29, 1.82) is 0 Å². The summed E-state index contributed by atoms with van der Waals surface area (Å²) in [6.07, 6.45) is 5.10. The summed E-state index contributed by atoms with van der Waals surface area (Å²) in [5.41, 5.74) is 4.12. The molecule has 4 aromatic rings. The van der Waals surface area contributed by atoms with E-state index in [0.29, 0.717) is 33.9 Å². The normalized spacial score (nSPS) is 13.5. The minimum absolute atomic E-state index is 0.342. The molecule has 178 valence electrons. The van der Waals surface area contributed by atoms with Crippen molar-refractivity contribution in [2.75, 3.05) is 10.6 Å². The highest BCUT2D eigenvalue weighted by atomic mass is 35.5. The maximum Gasteiger partial charge on any atom is 0.323 e. The summed E-state index contributed by atoms with van der Waals surface area (Å²) in [6, 6.07) is 24.3. The largest absolute Gasteiger partial charge is 0.437 e. The number of carbonyl (C=O) groups excluding carboxylic acids is 1. The van der Waals surface area contributed by atoms with E-state index in [1.807, 2.05) is 55.5 Å². The van der Waals surface area contributed by atoms with Gasteiger partial charge in [-0.25, -0.2) is 4.79 Å². The molecule has 0 bridgehead atoms. The van der Waals surface area contributed by atoms with Crippen LogP contribution in [-0.4, -0.2) is 15.8 Å². The first-order valence-corrected chi connectivity index (χ1v) is 12.2. The first kappa shape index (κ1) is 23.0. The lowest BCUT2D eigenvalue weighted by atomic mass is 9.98. The van der Waals surface area contributed by atoms with E-state index in [0.717, 1.165) is 11.4 Å². The van der Waals surface area contributed by atoms with Gasteiger partial charge in [0.1, 0.15) is 0 Å². The molecule has 5 rings (SSSR count). The molecule has 0 unspecified atom stereocenters. The van der Waals surface area contributed by atoms with Crippen molar-refractivity contribution in [3.05, 3.63) is 95.1 Å². The number of rotatable bonds is 6. The number of ether oxygens (including phenoxy) is 1. The molecule has 0 radical (unpaired) electrons. The minimum atomic E-state index is -0.342. The molecule has 2 amide bonds. The van der Waals surface area contributed by atoms with Gasteiger partial charge in [0.25, 0.3) is 0 Å². The molecule has 1 heterocycles. The van der Waals surface area contributed by atoms with Crippen LogP contribution in [0, 0.1) is 6.92 Å². The summed E-state index contributed by atoms with van der Waals surface area (Å²) in [5.74, 6) is 1.63. The number of hydrogen-bond acceptors (Lipinski definition) is 3. The molecular formula is C28H27ClN4O2. The number of aromatic nitrogens is 2. The third kappa shape index (κ3) is 5.33. The first-order chi connectivity index (χ1) is 17.1. The van der Waals surface area contributed by atoms with E-state index >= 15 is 0 Å². The van der Waals surface area contributed by atoms with Crippen LogP contribution in [0.5, 0.6) is 11.6 Å². The molecule has 7 heteroatoms. The number of nitrogens with one attached hydrogen (secondary N) is 2. The third-order valence-corrected chi connectivity index (χ3v) is 6.54. The Kier molecular flexibility index (Phi) is 6.73. The summed E-state index contributed by atoms with van der Waals surface area (Å²) in [5, 5.41) is 10.9. The standard InChI is InChI=1S/C28H27ClN4O2/c1-19-18-27(33(32-19)25-12-6-4-10-23(25)29)35-26-13-7-5-11-24(26)31-28(34)30-22-16-14-21(15-17-22)20-8-2-3-9-20/h4-7,10-18,20H,2-3,8-9H2,1H3,(H2,30,31,34). The van der Waals surface area contributed by atoms with Crippen molar-refractivity contribution >= 4 is 29.0 Å². The van der Waals surface area contributed by atoms with Crippen molar-refractivity contribution in [3.63, 3.8) is 0 Å². The summed E-state index contributed by atoms with van der Waals surface area (Å²) >= 11 is 6.38. The van der Waals surface area contributed by atoms with Crippen LogP contribution in [-0.2, 0) is 0 Å². The molecule has 1 aliphatic carbocycles. The van der Waals surface area contributed by atoms with Crippen LogP contribution in [0.15, 0.2) is 78.9 Å². The molecule has 3 aromatic carbocycles. The molecule has 1 saturated carbocycles. The lowest BCUT2D eigenvalue weighted by Gasteiger charge is -2.15. The molecule has 0 saturated heterocycles. The fourth-order valence-electron chi connectivity index (χ4n) is 4.50. The number of benzene rings is 3. The number of amides is 2. The zero-order valence-corrected chi connectivity index (χ0v) is 20.3. The van der Waals surface area contributed by atoms with E-state index in [1.54, 1.807) is 22.9 Å². The fraction of sp³-hybridized carbons (Fsp3) is 0.214. The van der Waals surface area contributed by atoms with Crippen LogP contribution in [0.3, 0.4) is 0 Å². The predicted molar refractivity (Wildman–Crippen MR) is 140 cm³/mol. The highest BCUT2D eigenvalue weighted by Gasteiger charge is 2.17. The van der Waals surface area contributed by atoms with E-state index in [1.165, 1.54) is 31.2 Å². The molecule has 6 nitrogen and oxygen atoms in total. The topological polar surface area (TPSA) is 68.2 Å². The Bertz CT molecular complexity index is 1330. The quantitative estimate of drug-likeness (QED) is 0.290. The van der Waals surface area contributed by atoms with Crippen LogP contribution < -0.4 is 15.4 Å². The number of nitrogens with zero attached hydrogens (tertiary/aromatic N) is 2. The Labute approximate surface area is 209 Å². The van der Waals surface area contributed by atoms with Gasteiger partial charge in [0, 0.05) is 11.8 Å². The smallest absolute Gasteiger partial charge is 0.323 e. The van der Waals surface area contributed by atoms with Gasteiger partial charge in [0.05, 0.1) is 22.1 Å². The summed E-state index contributed by atoms with van der Waals surface area (Å²) in [4.78, 5) is 12.8. The van der Waals surface area contributed by atoms with Crippen molar-refractivity contribution in [1.82, 2.24) is 9.78 Å². The average Bonchev–Trinajstić information content (AvgIpc) is 3.51. The van der Waals surface area contributed by atoms with Crippen LogP contribution in [0.4, 0.5) is 16.2 Å². The molecule has 0 atom stereocenters. The maximum absolute atomic E-state index is 12.8. The summed E-state index contributed by atoms with van der Waals surface area (Å²) < 4.78 is 7.85. The van der Waals surface area contributed by atoms with Crippen LogP contribution in [0.1, 0.15) is 42.9 Å². The SMILES string of the molecule is Cc1cc(Oc2ccccc2NC(=O)Nc2ccc(C3CCCC3)cc2)n(-c2ccccc2Cl)n1. The number of hydrogen-bond donors (Lipinski definition) is 2. The molecule has 1 fully saturated rings. The molecule has 35 heavy (non-hydrogen) atoms. The van der Waals surface area contributed by atoms with Gasteiger partial charge in [-0.15, -0.1) is 0 Å². The number of aryl methyl sites for hydroxylation is 1. The molecule has 2 N–H and O–H groups in total. The summed E-state index contributed by atoms with van der Waals surface area (Å²) in [6.45, 7) is 1.88. The Morgan fingerprint density at radius 1 is 0.971 bits per heavy atom. The van der Waals surface area contributed by atoms with Gasteiger partial charge in [-0.05, 0) is 67.6 Å². The highest BCUT2D eigenvalue weighted by Crippen LogP contribution is 2.35. The molecular weight excluding hydrogens is 460 g/mol. The van der Waals surface area contributed by atoms with E-state index in [-0.39, 0.29) is 6.03 Å². The fourth-order valence-corrected chi connectivity index (χ4v) is 4.71. The number of urea groups is 1. The Hall–Kier alpha value is -3.77. The molecule has 0 aliphatic heterocycles. The van der Waals surface area contributed by atoms with Crippen LogP contribution in [0.25, 0.3) is 5.69 Å². The number of anilines is 2. The second-order valence-electron chi connectivity index (χ2n) is 8.77. The Morgan fingerprint density at radius 3 is 2.46 bits per heavy atom. The minimum Gasteiger partial charge on any atom is -0.437 e. The Balaban J connectivity index is 1.30. The third-order valence-electron chi connectivity index (χ3n) is 6.22. The Morgan fingerprint density at radius 2 is 1.69 bits per heavy atom.